The van der Waals surface area contributed by atoms with E-state index in [4.69, 9.17) is 0 Å². The maximum absolute atomic E-state index is 9.47. The lowest BCUT2D eigenvalue weighted by Gasteiger charge is -2.16. The smallest absolute Gasteiger partial charge is 0.0668 e. The zero-order chi connectivity index (χ0) is 8.27. The van der Waals surface area contributed by atoms with E-state index in [1.54, 1.807) is 0 Å². The highest BCUT2D eigenvalue weighted by atomic mass is 32.1. The van der Waals surface area contributed by atoms with Gasteiger partial charge in [-0.3, -0.25) is 0 Å². The molecule has 1 rings (SSSR count). The minimum atomic E-state index is -0.199. The van der Waals surface area contributed by atoms with Gasteiger partial charge < -0.3 is 10.0 Å². The van der Waals surface area contributed by atoms with E-state index in [2.05, 4.69) is 24.5 Å². The highest BCUT2D eigenvalue weighted by Gasteiger charge is 2.26. The van der Waals surface area contributed by atoms with Crippen LogP contribution in [-0.2, 0) is 0 Å². The molecule has 1 heterocycles. The van der Waals surface area contributed by atoms with Crippen molar-refractivity contribution in [1.29, 1.82) is 0 Å². The van der Waals surface area contributed by atoms with Gasteiger partial charge in [-0.1, -0.05) is 6.92 Å². The molecule has 0 aliphatic carbocycles. The molecule has 1 N–H and O–H groups in total. The third-order valence-corrected chi connectivity index (χ3v) is 2.86. The summed E-state index contributed by atoms with van der Waals surface area (Å²) < 4.78 is 0. The van der Waals surface area contributed by atoms with Gasteiger partial charge in [0.1, 0.15) is 0 Å². The number of likely N-dealkylation sites (tertiary alicyclic amines) is 1. The van der Waals surface area contributed by atoms with E-state index < -0.39 is 0 Å². The third-order valence-electron chi connectivity index (χ3n) is 2.49. The summed E-state index contributed by atoms with van der Waals surface area (Å²) in [6, 6.07) is 0. The summed E-state index contributed by atoms with van der Waals surface area (Å²) in [5, 5.41) is 9.47. The fraction of sp³-hybridized carbons (Fsp3) is 1.00. The summed E-state index contributed by atoms with van der Waals surface area (Å²) >= 11 is 4.08. The molecule has 0 aromatic heterocycles. The van der Waals surface area contributed by atoms with Gasteiger partial charge in [-0.25, -0.2) is 0 Å². The van der Waals surface area contributed by atoms with E-state index in [0.29, 0.717) is 11.7 Å². The lowest BCUT2D eigenvalue weighted by Crippen LogP contribution is -2.26. The largest absolute Gasteiger partial charge is 0.392 e. The topological polar surface area (TPSA) is 23.5 Å². The number of aliphatic hydroxyl groups is 1. The highest BCUT2D eigenvalue weighted by molar-refractivity contribution is 7.80. The van der Waals surface area contributed by atoms with Crippen LogP contribution in [0.4, 0.5) is 0 Å². The summed E-state index contributed by atoms with van der Waals surface area (Å²) in [5.74, 6) is 1.06. The van der Waals surface area contributed by atoms with Gasteiger partial charge in [0.05, 0.1) is 6.10 Å². The van der Waals surface area contributed by atoms with E-state index in [-0.39, 0.29) is 6.10 Å². The zero-order valence-corrected chi connectivity index (χ0v) is 7.93. The van der Waals surface area contributed by atoms with Gasteiger partial charge in [0.2, 0.25) is 0 Å². The molecule has 0 aromatic carbocycles. The van der Waals surface area contributed by atoms with E-state index in [9.17, 15) is 5.11 Å². The van der Waals surface area contributed by atoms with Gasteiger partial charge in [0.15, 0.2) is 0 Å². The summed E-state index contributed by atoms with van der Waals surface area (Å²) in [6.45, 7) is 5.47. The Hall–Kier alpha value is 0.270. The zero-order valence-electron chi connectivity index (χ0n) is 7.03. The van der Waals surface area contributed by atoms with Crippen LogP contribution in [0.2, 0.25) is 0 Å². The van der Waals surface area contributed by atoms with Crippen LogP contribution in [0.1, 0.15) is 13.3 Å². The van der Waals surface area contributed by atoms with Crippen LogP contribution in [0.3, 0.4) is 0 Å². The molecule has 0 amide bonds. The van der Waals surface area contributed by atoms with Crippen LogP contribution in [0, 0.1) is 5.92 Å². The number of nitrogens with zero attached hydrogens (tertiary/aromatic N) is 1. The molecule has 1 saturated heterocycles. The molecule has 1 aliphatic heterocycles. The molecule has 0 saturated carbocycles. The molecule has 0 aromatic rings. The second-order valence-electron chi connectivity index (χ2n) is 3.19. The van der Waals surface area contributed by atoms with Crippen LogP contribution in [0.5, 0.6) is 0 Å². The molecule has 2 nitrogen and oxygen atoms in total. The fourth-order valence-corrected chi connectivity index (χ4v) is 1.91. The average Bonchev–Trinajstić information content (AvgIpc) is 2.50. The molecule has 0 radical (unpaired) electrons. The van der Waals surface area contributed by atoms with Crippen molar-refractivity contribution in [1.82, 2.24) is 4.90 Å². The third kappa shape index (κ3) is 2.36. The Morgan fingerprint density at radius 1 is 1.73 bits per heavy atom. The Morgan fingerprint density at radius 3 is 2.91 bits per heavy atom. The summed E-state index contributed by atoms with van der Waals surface area (Å²) in [6.07, 6.45) is 0.935. The van der Waals surface area contributed by atoms with Crippen molar-refractivity contribution in [2.75, 3.05) is 25.4 Å². The van der Waals surface area contributed by atoms with Gasteiger partial charge in [-0.05, 0) is 25.4 Å². The first-order valence-electron chi connectivity index (χ1n) is 4.29. The van der Waals surface area contributed by atoms with Gasteiger partial charge in [-0.2, -0.15) is 12.6 Å². The van der Waals surface area contributed by atoms with Crippen LogP contribution in [0.15, 0.2) is 0 Å². The van der Waals surface area contributed by atoms with E-state index in [0.717, 1.165) is 26.1 Å². The molecule has 0 spiro atoms. The summed E-state index contributed by atoms with van der Waals surface area (Å²) in [5.41, 5.74) is 0. The Balaban J connectivity index is 2.29. The maximum atomic E-state index is 9.47. The van der Waals surface area contributed by atoms with E-state index >= 15 is 0 Å². The van der Waals surface area contributed by atoms with Crippen LogP contribution in [-0.4, -0.2) is 41.5 Å². The average molecular weight is 175 g/mol. The van der Waals surface area contributed by atoms with Gasteiger partial charge in [-0.15, -0.1) is 0 Å². The van der Waals surface area contributed by atoms with Crippen molar-refractivity contribution in [3.8, 4) is 0 Å². The van der Waals surface area contributed by atoms with Gasteiger partial charge in [0, 0.05) is 12.3 Å². The van der Waals surface area contributed by atoms with Crippen molar-refractivity contribution in [3.05, 3.63) is 0 Å². The second kappa shape index (κ2) is 4.33. The normalized spacial score (nSPS) is 29.2. The first-order chi connectivity index (χ1) is 5.27. The van der Waals surface area contributed by atoms with Gasteiger partial charge in [0.25, 0.3) is 0 Å². The molecule has 2 unspecified atom stereocenters. The Kier molecular flexibility index (Phi) is 3.69. The highest BCUT2D eigenvalue weighted by Crippen LogP contribution is 2.19. The molecule has 2 atom stereocenters. The first-order valence-corrected chi connectivity index (χ1v) is 4.92. The number of hydrogen-bond donors (Lipinski definition) is 2. The molecular weight excluding hydrogens is 158 g/mol. The number of aliphatic hydroxyl groups excluding tert-OH is 1. The molecule has 1 aliphatic rings. The molecule has 3 heteroatoms. The number of rotatable bonds is 3. The monoisotopic (exact) mass is 175 g/mol. The standard InChI is InChI=1S/C8H17NOS/c1-2-9-4-3-7(5-9)8(10)6-11/h7-8,10-11H,2-6H2,1H3. The minimum absolute atomic E-state index is 0.199. The van der Waals surface area contributed by atoms with Crippen molar-refractivity contribution in [2.45, 2.75) is 19.4 Å². The minimum Gasteiger partial charge on any atom is -0.392 e. The molecular formula is C8H17NOS. The summed E-state index contributed by atoms with van der Waals surface area (Å²) in [7, 11) is 0. The van der Waals surface area contributed by atoms with Crippen LogP contribution in [0.25, 0.3) is 0 Å². The predicted octanol–water partition coefficient (Wildman–Crippen LogP) is 0.619. The van der Waals surface area contributed by atoms with Gasteiger partial charge >= 0.3 is 0 Å². The second-order valence-corrected chi connectivity index (χ2v) is 3.56. The van der Waals surface area contributed by atoms with Crippen LogP contribution < -0.4 is 0 Å². The Labute approximate surface area is 74.0 Å². The fourth-order valence-electron chi connectivity index (χ4n) is 1.61. The van der Waals surface area contributed by atoms with E-state index in [1.807, 2.05) is 0 Å². The number of hydrogen-bond acceptors (Lipinski definition) is 3. The molecule has 1 fully saturated rings. The molecule has 0 bridgehead atoms. The van der Waals surface area contributed by atoms with Crippen LogP contribution >= 0.6 is 12.6 Å². The van der Waals surface area contributed by atoms with Crippen molar-refractivity contribution >= 4 is 12.6 Å². The number of thiol groups is 1. The SMILES string of the molecule is CCN1CCC(C(O)CS)C1. The van der Waals surface area contributed by atoms with Crippen molar-refractivity contribution in [2.24, 2.45) is 5.92 Å². The lowest BCUT2D eigenvalue weighted by molar-refractivity contribution is 0.133. The Bertz CT molecular complexity index is 121. The van der Waals surface area contributed by atoms with E-state index in [1.165, 1.54) is 0 Å². The van der Waals surface area contributed by atoms with Crippen molar-refractivity contribution < 1.29 is 5.11 Å². The lowest BCUT2D eigenvalue weighted by atomic mass is 10.0. The quantitative estimate of drug-likeness (QED) is 0.614. The molecule has 66 valence electrons. The predicted molar refractivity (Wildman–Crippen MR) is 50.1 cm³/mol. The first kappa shape index (κ1) is 9.36. The Morgan fingerprint density at radius 2 is 2.45 bits per heavy atom. The molecule has 11 heavy (non-hydrogen) atoms. The summed E-state index contributed by atoms with van der Waals surface area (Å²) in [4.78, 5) is 2.37. The maximum Gasteiger partial charge on any atom is 0.0668 e. The van der Waals surface area contributed by atoms with Crippen molar-refractivity contribution in [3.63, 3.8) is 0 Å².